The lowest BCUT2D eigenvalue weighted by molar-refractivity contribution is 0.269. The van der Waals surface area contributed by atoms with E-state index in [-0.39, 0.29) is 27.6 Å². The van der Waals surface area contributed by atoms with Gasteiger partial charge in [0, 0.05) is 46.3 Å². The van der Waals surface area contributed by atoms with Gasteiger partial charge in [-0.2, -0.15) is 5.26 Å². The van der Waals surface area contributed by atoms with Crippen LogP contribution in [0.5, 0.6) is 0 Å². The summed E-state index contributed by atoms with van der Waals surface area (Å²) in [6, 6.07) is 7.68. The molecule has 6 nitrogen and oxygen atoms in total. The minimum absolute atomic E-state index is 0.0468. The molecule has 2 aliphatic rings. The molecule has 1 saturated carbocycles. The predicted octanol–water partition coefficient (Wildman–Crippen LogP) is 4.14. The molecular formula is C21H15F3N6S. The van der Waals surface area contributed by atoms with Gasteiger partial charge in [-0.05, 0) is 24.6 Å². The van der Waals surface area contributed by atoms with Crippen molar-refractivity contribution in [2.45, 2.75) is 17.2 Å². The molecule has 0 spiro atoms. The molecule has 0 bridgehead atoms. The molecule has 10 heteroatoms. The first kappa shape index (κ1) is 19.6. The quantitative estimate of drug-likeness (QED) is 0.633. The van der Waals surface area contributed by atoms with Gasteiger partial charge in [-0.1, -0.05) is 11.8 Å². The van der Waals surface area contributed by atoms with Gasteiger partial charge in [-0.25, -0.2) is 23.1 Å². The van der Waals surface area contributed by atoms with Gasteiger partial charge in [0.05, 0.1) is 5.56 Å². The van der Waals surface area contributed by atoms with Gasteiger partial charge in [-0.15, -0.1) is 0 Å². The summed E-state index contributed by atoms with van der Waals surface area (Å²) in [4.78, 5) is 12.7. The number of anilines is 2. The number of nitrogens with zero attached hydrogens (tertiary/aromatic N) is 4. The summed E-state index contributed by atoms with van der Waals surface area (Å²) < 4.78 is 43.7. The zero-order valence-corrected chi connectivity index (χ0v) is 16.8. The molecule has 3 atom stereocenters. The standard InChI is InChI=1S/C21H15F3N6S/c22-9-21(13-6-16(13)31-20(26)30-21)14-4-12(5-15(23)17(14)24)29-19-18-11(1-2-27-19)3-10(7-25)8-28-18/h1-5,8,13,16H,6,9H2,(H2,26,30)(H,27,29)/t13-,16+,21+/m1/s1. The molecule has 0 amide bonds. The number of nitriles is 1. The van der Waals surface area contributed by atoms with Gasteiger partial charge < -0.3 is 11.1 Å². The van der Waals surface area contributed by atoms with Gasteiger partial charge in [0.25, 0.3) is 0 Å². The lowest BCUT2D eigenvalue weighted by Crippen LogP contribution is -2.37. The van der Waals surface area contributed by atoms with E-state index in [9.17, 15) is 13.2 Å². The normalized spacial score (nSPS) is 24.3. The molecule has 0 unspecified atom stereocenters. The van der Waals surface area contributed by atoms with Gasteiger partial charge in [0.15, 0.2) is 22.6 Å². The zero-order valence-electron chi connectivity index (χ0n) is 15.9. The summed E-state index contributed by atoms with van der Waals surface area (Å²) in [5.41, 5.74) is 5.14. The number of aromatic nitrogens is 2. The predicted molar refractivity (Wildman–Crippen MR) is 113 cm³/mol. The van der Waals surface area contributed by atoms with Crippen molar-refractivity contribution in [1.82, 2.24) is 9.97 Å². The van der Waals surface area contributed by atoms with Crippen LogP contribution in [-0.2, 0) is 5.54 Å². The second kappa shape index (κ2) is 7.13. The topological polar surface area (TPSA) is 100.0 Å². The lowest BCUT2D eigenvalue weighted by atomic mass is 9.85. The number of benzene rings is 1. The number of nitrogens with two attached hydrogens (primary N) is 1. The first-order valence-electron chi connectivity index (χ1n) is 9.44. The van der Waals surface area contributed by atoms with Crippen LogP contribution in [0.25, 0.3) is 10.9 Å². The highest BCUT2D eigenvalue weighted by atomic mass is 32.2. The number of hydrogen-bond donors (Lipinski definition) is 2. The van der Waals surface area contributed by atoms with Crippen LogP contribution in [0.4, 0.5) is 24.7 Å². The average Bonchev–Trinajstić information content (AvgIpc) is 3.55. The molecule has 1 fully saturated rings. The Morgan fingerprint density at radius 2 is 2.13 bits per heavy atom. The average molecular weight is 440 g/mol. The number of alkyl halides is 1. The Hall–Kier alpha value is -3.32. The highest BCUT2D eigenvalue weighted by Gasteiger charge is 2.58. The molecule has 3 heterocycles. The smallest absolute Gasteiger partial charge is 0.164 e. The van der Waals surface area contributed by atoms with Crippen molar-refractivity contribution >= 4 is 39.3 Å². The fraction of sp³-hybridized carbons (Fsp3) is 0.238. The van der Waals surface area contributed by atoms with E-state index in [4.69, 9.17) is 11.0 Å². The Labute approximate surface area is 179 Å². The van der Waals surface area contributed by atoms with E-state index in [0.717, 1.165) is 6.07 Å². The number of rotatable bonds is 4. The number of fused-ring (bicyclic) bond motifs is 2. The Kier molecular flexibility index (Phi) is 4.51. The molecule has 3 N–H and O–H groups in total. The van der Waals surface area contributed by atoms with Crippen molar-refractivity contribution in [3.8, 4) is 6.07 Å². The number of thioether (sulfide) groups is 1. The molecule has 3 aromatic rings. The largest absolute Gasteiger partial charge is 0.379 e. The number of hydrogen-bond acceptors (Lipinski definition) is 7. The van der Waals surface area contributed by atoms with Crippen LogP contribution in [0.1, 0.15) is 17.5 Å². The summed E-state index contributed by atoms with van der Waals surface area (Å²) in [5.74, 6) is -2.22. The number of amidine groups is 1. The summed E-state index contributed by atoms with van der Waals surface area (Å²) >= 11 is 1.34. The molecule has 31 heavy (non-hydrogen) atoms. The summed E-state index contributed by atoms with van der Waals surface area (Å²) in [7, 11) is 0. The van der Waals surface area contributed by atoms with Crippen LogP contribution in [0.2, 0.25) is 0 Å². The molecule has 1 aliphatic heterocycles. The van der Waals surface area contributed by atoms with Crippen LogP contribution >= 0.6 is 11.8 Å². The molecule has 1 aromatic carbocycles. The molecule has 1 aliphatic carbocycles. The van der Waals surface area contributed by atoms with Crippen molar-refractivity contribution in [2.24, 2.45) is 16.6 Å². The van der Waals surface area contributed by atoms with Crippen LogP contribution < -0.4 is 11.1 Å². The fourth-order valence-electron chi connectivity index (χ4n) is 4.05. The van der Waals surface area contributed by atoms with Crippen molar-refractivity contribution < 1.29 is 13.2 Å². The Morgan fingerprint density at radius 1 is 1.29 bits per heavy atom. The molecule has 2 aromatic heterocycles. The van der Waals surface area contributed by atoms with Crippen molar-refractivity contribution in [1.29, 1.82) is 5.26 Å². The molecule has 156 valence electrons. The van der Waals surface area contributed by atoms with E-state index in [0.29, 0.717) is 28.7 Å². The number of nitrogens with one attached hydrogen (secondary N) is 1. The maximum atomic E-state index is 14.8. The first-order valence-corrected chi connectivity index (χ1v) is 10.3. The minimum atomic E-state index is -1.55. The Balaban J connectivity index is 1.60. The van der Waals surface area contributed by atoms with E-state index in [1.54, 1.807) is 12.1 Å². The fourth-order valence-corrected chi connectivity index (χ4v) is 5.27. The highest BCUT2D eigenvalue weighted by molar-refractivity contribution is 8.14. The summed E-state index contributed by atoms with van der Waals surface area (Å²) in [6.07, 6.45) is 3.54. The van der Waals surface area contributed by atoms with Gasteiger partial charge in [-0.3, -0.25) is 4.98 Å². The summed E-state index contributed by atoms with van der Waals surface area (Å²) in [5, 5.41) is 12.9. The van der Waals surface area contributed by atoms with E-state index >= 15 is 0 Å². The molecule has 5 rings (SSSR count). The summed E-state index contributed by atoms with van der Waals surface area (Å²) in [6.45, 7) is -0.986. The van der Waals surface area contributed by atoms with Gasteiger partial charge >= 0.3 is 0 Å². The van der Waals surface area contributed by atoms with Gasteiger partial charge in [0.1, 0.15) is 23.8 Å². The van der Waals surface area contributed by atoms with Crippen LogP contribution in [0, 0.1) is 28.9 Å². The maximum Gasteiger partial charge on any atom is 0.164 e. The second-order valence-electron chi connectivity index (χ2n) is 7.52. The van der Waals surface area contributed by atoms with E-state index in [1.165, 1.54) is 30.2 Å². The zero-order chi connectivity index (χ0) is 21.8. The molecular weight excluding hydrogens is 425 g/mol. The molecule has 0 saturated heterocycles. The van der Waals surface area contributed by atoms with E-state index < -0.39 is 23.8 Å². The van der Waals surface area contributed by atoms with Crippen LogP contribution in [-0.4, -0.2) is 27.1 Å². The lowest BCUT2D eigenvalue weighted by Gasteiger charge is -2.32. The van der Waals surface area contributed by atoms with Crippen LogP contribution in [0.3, 0.4) is 0 Å². The van der Waals surface area contributed by atoms with E-state index in [2.05, 4.69) is 20.3 Å². The Morgan fingerprint density at radius 3 is 2.90 bits per heavy atom. The van der Waals surface area contributed by atoms with Crippen LogP contribution in [0.15, 0.2) is 41.7 Å². The SMILES string of the molecule is N#Cc1cnc2c(Nc3cc(F)c(F)c([C@@]4(CF)N=C(N)S[C@H]5C[C@H]54)c3)nccc2c1. The number of halogens is 3. The number of pyridine rings is 2. The maximum absolute atomic E-state index is 14.8. The number of aliphatic imine (C=N–C) groups is 1. The third-order valence-electron chi connectivity index (χ3n) is 5.62. The molecule has 0 radical (unpaired) electrons. The van der Waals surface area contributed by atoms with Gasteiger partial charge in [0.2, 0.25) is 0 Å². The third-order valence-corrected chi connectivity index (χ3v) is 6.77. The minimum Gasteiger partial charge on any atom is -0.379 e. The van der Waals surface area contributed by atoms with Crippen molar-refractivity contribution in [3.63, 3.8) is 0 Å². The van der Waals surface area contributed by atoms with Crippen molar-refractivity contribution in [3.05, 3.63) is 59.4 Å². The monoisotopic (exact) mass is 440 g/mol. The van der Waals surface area contributed by atoms with E-state index in [1.807, 2.05) is 6.07 Å². The first-order chi connectivity index (χ1) is 14.9. The second-order valence-corrected chi connectivity index (χ2v) is 8.78. The highest BCUT2D eigenvalue weighted by Crippen LogP contribution is 2.58. The Bertz CT molecular complexity index is 1290. The third kappa shape index (κ3) is 3.16. The van der Waals surface area contributed by atoms with Crippen molar-refractivity contribution in [2.75, 3.05) is 12.0 Å².